The van der Waals surface area contributed by atoms with Crippen LogP contribution in [0.5, 0.6) is 0 Å². The van der Waals surface area contributed by atoms with Gasteiger partial charge in [-0.25, -0.2) is 4.98 Å². The molecular formula is C14H13N5O3. The SMILES string of the molecule is COC(=O)C1CC(=O)N(c2c(C#N)cnc3cc(C)nn23)C1. The van der Waals surface area contributed by atoms with E-state index in [0.29, 0.717) is 11.5 Å². The second-order valence-electron chi connectivity index (χ2n) is 5.09. The van der Waals surface area contributed by atoms with E-state index in [1.165, 1.54) is 22.7 Å². The second-order valence-corrected chi connectivity index (χ2v) is 5.09. The van der Waals surface area contributed by atoms with Gasteiger partial charge in [0, 0.05) is 19.0 Å². The van der Waals surface area contributed by atoms with Crippen LogP contribution in [0.25, 0.3) is 5.65 Å². The van der Waals surface area contributed by atoms with E-state index in [0.717, 1.165) is 5.69 Å². The summed E-state index contributed by atoms with van der Waals surface area (Å²) in [5, 5.41) is 13.6. The van der Waals surface area contributed by atoms with Gasteiger partial charge in [-0.2, -0.15) is 14.9 Å². The first-order valence-corrected chi connectivity index (χ1v) is 6.69. The van der Waals surface area contributed by atoms with Crippen molar-refractivity contribution in [3.63, 3.8) is 0 Å². The fraction of sp³-hybridized carbons (Fsp3) is 0.357. The summed E-state index contributed by atoms with van der Waals surface area (Å²) in [5.74, 6) is -0.871. The molecule has 0 aromatic carbocycles. The number of esters is 1. The van der Waals surface area contributed by atoms with Gasteiger partial charge in [-0.3, -0.25) is 14.5 Å². The van der Waals surface area contributed by atoms with Gasteiger partial charge in [0.2, 0.25) is 5.91 Å². The number of ether oxygens (including phenoxy) is 1. The lowest BCUT2D eigenvalue weighted by atomic mass is 10.1. The number of carbonyl (C=O) groups is 2. The Balaban J connectivity index is 2.11. The fourth-order valence-corrected chi connectivity index (χ4v) is 2.61. The molecule has 1 saturated heterocycles. The molecule has 22 heavy (non-hydrogen) atoms. The zero-order valence-electron chi connectivity index (χ0n) is 12.1. The summed E-state index contributed by atoms with van der Waals surface area (Å²) in [7, 11) is 1.29. The maximum Gasteiger partial charge on any atom is 0.311 e. The van der Waals surface area contributed by atoms with Gasteiger partial charge in [0.15, 0.2) is 11.5 Å². The molecule has 1 aliphatic heterocycles. The Bertz CT molecular complexity index is 820. The van der Waals surface area contributed by atoms with Crippen LogP contribution in [-0.2, 0) is 14.3 Å². The zero-order chi connectivity index (χ0) is 15.9. The molecule has 112 valence electrons. The van der Waals surface area contributed by atoms with Crippen molar-refractivity contribution in [2.45, 2.75) is 13.3 Å². The standard InChI is InChI=1S/C14H13N5O3/c1-8-3-11-16-6-10(5-15)13(19(11)17-8)18-7-9(4-12(18)20)14(21)22-2/h3,6,9H,4,7H2,1-2H3. The Labute approximate surface area is 125 Å². The van der Waals surface area contributed by atoms with Crippen molar-refractivity contribution in [3.8, 4) is 6.07 Å². The number of nitrogens with zero attached hydrogens (tertiary/aromatic N) is 5. The Morgan fingerprint density at radius 3 is 3.00 bits per heavy atom. The molecule has 1 fully saturated rings. The summed E-state index contributed by atoms with van der Waals surface area (Å²) in [5.41, 5.74) is 1.50. The van der Waals surface area contributed by atoms with Crippen LogP contribution in [0, 0.1) is 24.2 Å². The molecule has 0 spiro atoms. The average Bonchev–Trinajstić information content (AvgIpc) is 3.07. The van der Waals surface area contributed by atoms with Gasteiger partial charge in [0.1, 0.15) is 11.6 Å². The van der Waals surface area contributed by atoms with Crippen molar-refractivity contribution in [1.29, 1.82) is 5.26 Å². The number of hydrogen-bond acceptors (Lipinski definition) is 6. The lowest BCUT2D eigenvalue weighted by molar-refractivity contribution is -0.145. The van der Waals surface area contributed by atoms with E-state index in [-0.39, 0.29) is 24.4 Å². The van der Waals surface area contributed by atoms with E-state index in [9.17, 15) is 14.9 Å². The largest absolute Gasteiger partial charge is 0.469 e. The summed E-state index contributed by atoms with van der Waals surface area (Å²) < 4.78 is 6.16. The number of anilines is 1. The molecule has 8 heteroatoms. The van der Waals surface area contributed by atoms with Crippen LogP contribution in [-0.4, -0.2) is 40.1 Å². The minimum atomic E-state index is -0.538. The third kappa shape index (κ3) is 2.07. The maximum atomic E-state index is 12.3. The molecule has 0 aliphatic carbocycles. The van der Waals surface area contributed by atoms with Crippen molar-refractivity contribution in [3.05, 3.63) is 23.5 Å². The molecule has 0 bridgehead atoms. The molecule has 0 radical (unpaired) electrons. The van der Waals surface area contributed by atoms with E-state index in [1.54, 1.807) is 13.0 Å². The number of rotatable bonds is 2. The first kappa shape index (κ1) is 14.0. The molecule has 8 nitrogen and oxygen atoms in total. The molecule has 2 aromatic heterocycles. The number of hydrogen-bond donors (Lipinski definition) is 0. The molecule has 0 saturated carbocycles. The van der Waals surface area contributed by atoms with Gasteiger partial charge in [-0.15, -0.1) is 0 Å². The quantitative estimate of drug-likeness (QED) is 0.746. The molecular weight excluding hydrogens is 286 g/mol. The maximum absolute atomic E-state index is 12.3. The third-order valence-electron chi connectivity index (χ3n) is 3.62. The normalized spacial score (nSPS) is 17.8. The van der Waals surface area contributed by atoms with E-state index in [2.05, 4.69) is 10.1 Å². The minimum absolute atomic E-state index is 0.0572. The van der Waals surface area contributed by atoms with Gasteiger partial charge >= 0.3 is 5.97 Å². The van der Waals surface area contributed by atoms with Gasteiger partial charge in [0.25, 0.3) is 0 Å². The topological polar surface area (TPSA) is 101 Å². The third-order valence-corrected chi connectivity index (χ3v) is 3.62. The van der Waals surface area contributed by atoms with Gasteiger partial charge in [0.05, 0.1) is 24.9 Å². The zero-order valence-corrected chi connectivity index (χ0v) is 12.1. The van der Waals surface area contributed by atoms with E-state index >= 15 is 0 Å². The van der Waals surface area contributed by atoms with Crippen LogP contribution in [0.4, 0.5) is 5.82 Å². The molecule has 3 rings (SSSR count). The smallest absolute Gasteiger partial charge is 0.311 e. The van der Waals surface area contributed by atoms with Crippen LogP contribution >= 0.6 is 0 Å². The molecule has 1 atom stereocenters. The van der Waals surface area contributed by atoms with Crippen LogP contribution in [0.1, 0.15) is 17.7 Å². The van der Waals surface area contributed by atoms with Gasteiger partial charge < -0.3 is 4.74 Å². The first-order chi connectivity index (χ1) is 10.5. The van der Waals surface area contributed by atoms with Gasteiger partial charge in [-0.1, -0.05) is 0 Å². The van der Waals surface area contributed by atoms with Crippen molar-refractivity contribution >= 4 is 23.3 Å². The van der Waals surface area contributed by atoms with Crippen molar-refractivity contribution in [1.82, 2.24) is 14.6 Å². The van der Waals surface area contributed by atoms with Crippen molar-refractivity contribution in [2.24, 2.45) is 5.92 Å². The van der Waals surface area contributed by atoms with Crippen molar-refractivity contribution < 1.29 is 14.3 Å². The lowest BCUT2D eigenvalue weighted by Crippen LogP contribution is -2.29. The summed E-state index contributed by atoms with van der Waals surface area (Å²) in [6.45, 7) is 1.96. The predicted molar refractivity (Wildman–Crippen MR) is 74.9 cm³/mol. The first-order valence-electron chi connectivity index (χ1n) is 6.69. The monoisotopic (exact) mass is 299 g/mol. The molecule has 3 heterocycles. The molecule has 1 aliphatic rings. The van der Waals surface area contributed by atoms with Crippen LogP contribution < -0.4 is 4.90 Å². The summed E-state index contributed by atoms with van der Waals surface area (Å²) in [4.78, 5) is 29.5. The number of amides is 1. The molecule has 1 unspecified atom stereocenters. The molecule has 0 N–H and O–H groups in total. The number of methoxy groups -OCH3 is 1. The van der Waals surface area contributed by atoms with E-state index in [4.69, 9.17) is 4.74 Å². The molecule has 1 amide bonds. The predicted octanol–water partition coefficient (Wildman–Crippen LogP) is 0.435. The summed E-state index contributed by atoms with van der Waals surface area (Å²) >= 11 is 0. The van der Waals surface area contributed by atoms with Crippen molar-refractivity contribution in [2.75, 3.05) is 18.6 Å². The number of aryl methyl sites for hydroxylation is 1. The number of carbonyl (C=O) groups excluding carboxylic acids is 2. The highest BCUT2D eigenvalue weighted by molar-refractivity contribution is 5.99. The fourth-order valence-electron chi connectivity index (χ4n) is 2.61. The van der Waals surface area contributed by atoms with E-state index in [1.807, 2.05) is 6.07 Å². The highest BCUT2D eigenvalue weighted by Crippen LogP contribution is 2.28. The molecule has 2 aromatic rings. The van der Waals surface area contributed by atoms with Crippen LogP contribution in [0.3, 0.4) is 0 Å². The highest BCUT2D eigenvalue weighted by atomic mass is 16.5. The average molecular weight is 299 g/mol. The minimum Gasteiger partial charge on any atom is -0.469 e. The van der Waals surface area contributed by atoms with E-state index < -0.39 is 11.9 Å². The summed E-state index contributed by atoms with van der Waals surface area (Å²) in [6.07, 6.45) is 1.46. The number of aromatic nitrogens is 3. The summed E-state index contributed by atoms with van der Waals surface area (Å²) in [6, 6.07) is 3.77. The second kappa shape index (κ2) is 5.11. The van der Waals surface area contributed by atoms with Gasteiger partial charge in [-0.05, 0) is 6.92 Å². The Hall–Kier alpha value is -2.95. The Morgan fingerprint density at radius 2 is 2.32 bits per heavy atom. The number of nitriles is 1. The van der Waals surface area contributed by atoms with Crippen LogP contribution in [0.15, 0.2) is 12.3 Å². The number of fused-ring (bicyclic) bond motifs is 1. The highest BCUT2D eigenvalue weighted by Gasteiger charge is 2.38. The Morgan fingerprint density at radius 1 is 1.55 bits per heavy atom. The van der Waals surface area contributed by atoms with Crippen LogP contribution in [0.2, 0.25) is 0 Å². The Kier molecular flexibility index (Phi) is 3.25. The lowest BCUT2D eigenvalue weighted by Gasteiger charge is -2.18.